The Morgan fingerprint density at radius 3 is 2.52 bits per heavy atom. The third-order valence-electron chi connectivity index (χ3n) is 3.64. The van der Waals surface area contributed by atoms with Crippen LogP contribution in [0, 0.1) is 0 Å². The summed E-state index contributed by atoms with van der Waals surface area (Å²) in [7, 11) is 0. The highest BCUT2D eigenvalue weighted by atomic mass is 16.3. The minimum atomic E-state index is 0.212. The zero-order chi connectivity index (χ0) is 14.4. The van der Waals surface area contributed by atoms with Crippen molar-refractivity contribution in [3.8, 4) is 17.1 Å². The summed E-state index contributed by atoms with van der Waals surface area (Å²) in [5, 5.41) is 11.8. The van der Waals surface area contributed by atoms with Gasteiger partial charge in [0.1, 0.15) is 11.6 Å². The van der Waals surface area contributed by atoms with E-state index in [4.69, 9.17) is 5.73 Å². The van der Waals surface area contributed by atoms with Gasteiger partial charge in [-0.1, -0.05) is 24.3 Å². The third kappa shape index (κ3) is 1.89. The second-order valence-electron chi connectivity index (χ2n) is 5.07. The van der Waals surface area contributed by atoms with Crippen LogP contribution in [0.25, 0.3) is 33.2 Å². The summed E-state index contributed by atoms with van der Waals surface area (Å²) in [4.78, 5) is 7.75. The lowest BCUT2D eigenvalue weighted by Crippen LogP contribution is -1.91. The van der Waals surface area contributed by atoms with Crippen LogP contribution >= 0.6 is 0 Å². The van der Waals surface area contributed by atoms with Gasteiger partial charge in [-0.2, -0.15) is 0 Å². The molecule has 0 bridgehead atoms. The molecule has 0 saturated carbocycles. The van der Waals surface area contributed by atoms with Crippen LogP contribution in [0.4, 0.5) is 5.69 Å². The van der Waals surface area contributed by atoms with Crippen LogP contribution in [0.1, 0.15) is 0 Å². The molecule has 21 heavy (non-hydrogen) atoms. The first kappa shape index (κ1) is 11.8. The predicted molar refractivity (Wildman–Crippen MR) is 85.1 cm³/mol. The lowest BCUT2D eigenvalue weighted by molar-refractivity contribution is 0.476. The number of phenolic OH excluding ortho intramolecular Hbond substituents is 1. The Labute approximate surface area is 120 Å². The van der Waals surface area contributed by atoms with Crippen LogP contribution in [0.5, 0.6) is 5.75 Å². The number of aromatic nitrogens is 2. The molecule has 0 unspecified atom stereocenters. The molecule has 0 spiro atoms. The summed E-state index contributed by atoms with van der Waals surface area (Å²) < 4.78 is 0. The van der Waals surface area contributed by atoms with Crippen molar-refractivity contribution in [2.75, 3.05) is 5.73 Å². The summed E-state index contributed by atoms with van der Waals surface area (Å²) in [6.45, 7) is 0. The zero-order valence-corrected chi connectivity index (χ0v) is 11.2. The van der Waals surface area contributed by atoms with Gasteiger partial charge in [0.15, 0.2) is 0 Å². The van der Waals surface area contributed by atoms with E-state index in [0.29, 0.717) is 11.5 Å². The molecule has 0 fully saturated rings. The van der Waals surface area contributed by atoms with Gasteiger partial charge in [0.2, 0.25) is 0 Å². The normalized spacial score (nSPS) is 11.2. The Morgan fingerprint density at radius 1 is 0.952 bits per heavy atom. The number of H-pyrrole nitrogens is 1. The zero-order valence-electron chi connectivity index (χ0n) is 11.2. The number of nitrogens with two attached hydrogens (primary N) is 1. The van der Waals surface area contributed by atoms with Gasteiger partial charge in [0, 0.05) is 17.3 Å². The fourth-order valence-electron chi connectivity index (χ4n) is 2.59. The van der Waals surface area contributed by atoms with Crippen molar-refractivity contribution in [3.63, 3.8) is 0 Å². The molecule has 102 valence electrons. The number of nitrogen functional groups attached to an aromatic ring is 1. The smallest absolute Gasteiger partial charge is 0.140 e. The van der Waals surface area contributed by atoms with Crippen LogP contribution in [0.15, 0.2) is 54.6 Å². The SMILES string of the molecule is Nc1cc2ccccc2cc1-c1nc2ccc(O)cc2[nH]1. The Morgan fingerprint density at radius 2 is 1.71 bits per heavy atom. The van der Waals surface area contributed by atoms with Gasteiger partial charge in [0.25, 0.3) is 0 Å². The highest BCUT2D eigenvalue weighted by molar-refractivity contribution is 5.93. The topological polar surface area (TPSA) is 74.9 Å². The predicted octanol–water partition coefficient (Wildman–Crippen LogP) is 3.67. The van der Waals surface area contributed by atoms with Gasteiger partial charge in [-0.3, -0.25) is 0 Å². The van der Waals surface area contributed by atoms with E-state index in [1.807, 2.05) is 36.4 Å². The molecule has 1 heterocycles. The summed E-state index contributed by atoms with van der Waals surface area (Å²) in [6, 6.07) is 17.1. The van der Waals surface area contributed by atoms with Crippen LogP contribution in [0.2, 0.25) is 0 Å². The van der Waals surface area contributed by atoms with Crippen molar-refractivity contribution >= 4 is 27.5 Å². The van der Waals surface area contributed by atoms with E-state index in [1.54, 1.807) is 18.2 Å². The van der Waals surface area contributed by atoms with Gasteiger partial charge < -0.3 is 15.8 Å². The first-order valence-corrected chi connectivity index (χ1v) is 6.68. The van der Waals surface area contributed by atoms with E-state index in [9.17, 15) is 5.11 Å². The number of nitrogens with zero attached hydrogens (tertiary/aromatic N) is 1. The van der Waals surface area contributed by atoms with E-state index < -0.39 is 0 Å². The van der Waals surface area contributed by atoms with Crippen molar-refractivity contribution in [1.29, 1.82) is 0 Å². The number of nitrogens with one attached hydrogen (secondary N) is 1. The molecular weight excluding hydrogens is 262 g/mol. The molecule has 4 nitrogen and oxygen atoms in total. The Balaban J connectivity index is 1.96. The maximum atomic E-state index is 9.53. The maximum absolute atomic E-state index is 9.53. The standard InChI is InChI=1S/C17H13N3O/c18-14-8-11-4-2-1-3-10(11)7-13(14)17-19-15-6-5-12(21)9-16(15)20-17/h1-9,21H,18H2,(H,19,20). The summed E-state index contributed by atoms with van der Waals surface area (Å²) in [5.41, 5.74) is 9.29. The van der Waals surface area contributed by atoms with E-state index in [1.165, 1.54) is 0 Å². The van der Waals surface area contributed by atoms with E-state index >= 15 is 0 Å². The van der Waals surface area contributed by atoms with Crippen LogP contribution in [0.3, 0.4) is 0 Å². The average molecular weight is 275 g/mol. The number of aromatic hydroxyl groups is 1. The first-order chi connectivity index (χ1) is 10.2. The van der Waals surface area contributed by atoms with Gasteiger partial charge in [-0.25, -0.2) is 4.98 Å². The number of phenols is 1. The molecule has 4 rings (SSSR count). The molecule has 0 aliphatic carbocycles. The highest BCUT2D eigenvalue weighted by Crippen LogP contribution is 2.30. The molecule has 0 amide bonds. The monoisotopic (exact) mass is 275 g/mol. The van der Waals surface area contributed by atoms with Crippen molar-refractivity contribution < 1.29 is 5.11 Å². The molecule has 0 aliphatic rings. The number of fused-ring (bicyclic) bond motifs is 2. The Kier molecular flexibility index (Phi) is 2.38. The van der Waals surface area contributed by atoms with Crippen LogP contribution in [-0.2, 0) is 0 Å². The molecule has 4 heteroatoms. The lowest BCUT2D eigenvalue weighted by atomic mass is 10.0. The molecule has 0 radical (unpaired) electrons. The highest BCUT2D eigenvalue weighted by Gasteiger charge is 2.10. The van der Waals surface area contributed by atoms with E-state index in [-0.39, 0.29) is 5.75 Å². The quantitative estimate of drug-likeness (QED) is 0.464. The Bertz CT molecular complexity index is 972. The van der Waals surface area contributed by atoms with Gasteiger partial charge >= 0.3 is 0 Å². The number of hydrogen-bond acceptors (Lipinski definition) is 3. The van der Waals surface area contributed by atoms with E-state index in [2.05, 4.69) is 9.97 Å². The number of aromatic amines is 1. The van der Waals surface area contributed by atoms with Crippen molar-refractivity contribution in [2.45, 2.75) is 0 Å². The molecule has 0 atom stereocenters. The molecule has 3 aromatic carbocycles. The average Bonchev–Trinajstić information content (AvgIpc) is 2.89. The number of imidazole rings is 1. The van der Waals surface area contributed by atoms with Gasteiger partial charge in [-0.15, -0.1) is 0 Å². The fraction of sp³-hybridized carbons (Fsp3) is 0. The largest absolute Gasteiger partial charge is 0.508 e. The second kappa shape index (κ2) is 4.24. The number of anilines is 1. The lowest BCUT2D eigenvalue weighted by Gasteiger charge is -2.05. The van der Waals surface area contributed by atoms with Crippen molar-refractivity contribution in [3.05, 3.63) is 54.6 Å². The molecular formula is C17H13N3O. The van der Waals surface area contributed by atoms with E-state index in [0.717, 1.165) is 27.4 Å². The first-order valence-electron chi connectivity index (χ1n) is 6.68. The van der Waals surface area contributed by atoms with Gasteiger partial charge in [-0.05, 0) is 35.0 Å². The Hall–Kier alpha value is -3.01. The minimum absolute atomic E-state index is 0.212. The van der Waals surface area contributed by atoms with Crippen LogP contribution in [-0.4, -0.2) is 15.1 Å². The van der Waals surface area contributed by atoms with Gasteiger partial charge in [0.05, 0.1) is 11.0 Å². The van der Waals surface area contributed by atoms with Crippen molar-refractivity contribution in [2.24, 2.45) is 0 Å². The second-order valence-corrected chi connectivity index (χ2v) is 5.07. The molecule has 4 aromatic rings. The summed E-state index contributed by atoms with van der Waals surface area (Å²) >= 11 is 0. The molecule has 0 aliphatic heterocycles. The molecule has 0 saturated heterocycles. The number of rotatable bonds is 1. The van der Waals surface area contributed by atoms with Crippen molar-refractivity contribution in [1.82, 2.24) is 9.97 Å². The number of hydrogen-bond donors (Lipinski definition) is 3. The number of benzene rings is 3. The molecule has 1 aromatic heterocycles. The fourth-order valence-corrected chi connectivity index (χ4v) is 2.59. The summed E-state index contributed by atoms with van der Waals surface area (Å²) in [6.07, 6.45) is 0. The maximum Gasteiger partial charge on any atom is 0.140 e. The minimum Gasteiger partial charge on any atom is -0.508 e. The third-order valence-corrected chi connectivity index (χ3v) is 3.64. The van der Waals surface area contributed by atoms with Crippen LogP contribution < -0.4 is 5.73 Å². The molecule has 4 N–H and O–H groups in total. The summed E-state index contributed by atoms with van der Waals surface area (Å²) in [5.74, 6) is 0.919.